The predicted octanol–water partition coefficient (Wildman–Crippen LogP) is 2.82. The van der Waals surface area contributed by atoms with Crippen LogP contribution in [0.15, 0.2) is 0 Å². The van der Waals surface area contributed by atoms with E-state index in [1.165, 1.54) is 32.4 Å². The maximum absolute atomic E-state index is 11.1. The van der Waals surface area contributed by atoms with Crippen molar-refractivity contribution in [3.63, 3.8) is 0 Å². The molecule has 0 aromatic rings. The minimum absolute atomic E-state index is 0. The first-order valence-corrected chi connectivity index (χ1v) is 6.22. The second kappa shape index (κ2) is 8.17. The molecule has 0 aromatic carbocycles. The fourth-order valence-corrected chi connectivity index (χ4v) is 3.05. The molecule has 2 unspecified atom stereocenters. The summed E-state index contributed by atoms with van der Waals surface area (Å²) in [6.45, 7) is 3.39. The molecule has 1 N–H and O–H groups in total. The van der Waals surface area contributed by atoms with Gasteiger partial charge in [0.15, 0.2) is 0 Å². The Kier molecular flexibility index (Phi) is 8.18. The van der Waals surface area contributed by atoms with Crippen LogP contribution < -0.4 is 0 Å². The number of halogens is 2. The highest BCUT2D eigenvalue weighted by Gasteiger charge is 2.32. The Bertz CT molecular complexity index is 233. The van der Waals surface area contributed by atoms with Gasteiger partial charge in [-0.05, 0) is 44.7 Å². The summed E-state index contributed by atoms with van der Waals surface area (Å²) in [6.07, 6.45) is 6.94. The van der Waals surface area contributed by atoms with Crippen molar-refractivity contribution >= 4 is 30.8 Å². The van der Waals surface area contributed by atoms with Gasteiger partial charge in [0.2, 0.25) is 0 Å². The summed E-state index contributed by atoms with van der Waals surface area (Å²) in [5.74, 6) is -0.229. The van der Waals surface area contributed by atoms with Crippen LogP contribution in [0, 0.1) is 11.8 Å². The smallest absolute Gasteiger partial charge is 0.306 e. The zero-order valence-corrected chi connectivity index (χ0v) is 11.8. The third kappa shape index (κ3) is 4.65. The molecule has 17 heavy (non-hydrogen) atoms. The molecule has 2 rings (SSSR count). The van der Waals surface area contributed by atoms with Crippen molar-refractivity contribution in [2.45, 2.75) is 38.5 Å². The second-order valence-corrected chi connectivity index (χ2v) is 5.00. The molecular weight excluding hydrogens is 261 g/mol. The van der Waals surface area contributed by atoms with Gasteiger partial charge in [-0.15, -0.1) is 24.8 Å². The molecule has 1 saturated heterocycles. The standard InChI is InChI=1S/C12H21NO2.2ClH/c14-12(15)11-6-2-1-5-10(11)9-13-7-3-4-8-13;;/h10-11H,1-9H2,(H,14,15);2*1H. The van der Waals surface area contributed by atoms with Gasteiger partial charge in [-0.1, -0.05) is 12.8 Å². The van der Waals surface area contributed by atoms with Crippen LogP contribution >= 0.6 is 24.8 Å². The van der Waals surface area contributed by atoms with E-state index in [4.69, 9.17) is 5.11 Å². The Labute approximate surface area is 116 Å². The van der Waals surface area contributed by atoms with Crippen LogP contribution in [0.3, 0.4) is 0 Å². The third-order valence-corrected chi connectivity index (χ3v) is 3.92. The Hall–Kier alpha value is 0.01000. The average Bonchev–Trinajstić information content (AvgIpc) is 2.71. The molecule has 0 aromatic heterocycles. The lowest BCUT2D eigenvalue weighted by Gasteiger charge is -2.31. The first-order chi connectivity index (χ1) is 7.27. The molecule has 2 atom stereocenters. The van der Waals surface area contributed by atoms with Crippen molar-refractivity contribution in [2.75, 3.05) is 19.6 Å². The van der Waals surface area contributed by atoms with Gasteiger partial charge in [0, 0.05) is 6.54 Å². The molecule has 1 heterocycles. The summed E-state index contributed by atoms with van der Waals surface area (Å²) in [6, 6.07) is 0. The minimum Gasteiger partial charge on any atom is -0.481 e. The second-order valence-electron chi connectivity index (χ2n) is 5.00. The molecule has 2 fully saturated rings. The minimum atomic E-state index is -0.570. The van der Waals surface area contributed by atoms with Crippen LogP contribution in [0.25, 0.3) is 0 Å². The van der Waals surface area contributed by atoms with Crippen LogP contribution in [0.1, 0.15) is 38.5 Å². The van der Waals surface area contributed by atoms with Crippen LogP contribution in [-0.2, 0) is 4.79 Å². The third-order valence-electron chi connectivity index (χ3n) is 3.92. The summed E-state index contributed by atoms with van der Waals surface area (Å²) in [4.78, 5) is 13.6. The summed E-state index contributed by atoms with van der Waals surface area (Å²) < 4.78 is 0. The Morgan fingerprint density at radius 3 is 2.24 bits per heavy atom. The quantitative estimate of drug-likeness (QED) is 0.866. The molecule has 1 aliphatic heterocycles. The van der Waals surface area contributed by atoms with Crippen LogP contribution in [0.5, 0.6) is 0 Å². The molecule has 1 saturated carbocycles. The van der Waals surface area contributed by atoms with Crippen molar-refractivity contribution in [1.82, 2.24) is 4.90 Å². The van der Waals surface area contributed by atoms with Crippen molar-refractivity contribution in [2.24, 2.45) is 11.8 Å². The molecule has 1 aliphatic carbocycles. The Morgan fingerprint density at radius 1 is 1.06 bits per heavy atom. The number of likely N-dealkylation sites (tertiary alicyclic amines) is 1. The summed E-state index contributed by atoms with van der Waals surface area (Å²) in [7, 11) is 0. The molecule has 0 amide bonds. The Balaban J connectivity index is 0.00000128. The molecule has 5 heteroatoms. The SMILES string of the molecule is Cl.Cl.O=C(O)C1CCCCC1CN1CCCC1. The van der Waals surface area contributed by atoms with Gasteiger partial charge in [0.25, 0.3) is 0 Å². The normalized spacial score (nSPS) is 29.2. The molecule has 0 radical (unpaired) electrons. The van der Waals surface area contributed by atoms with Gasteiger partial charge < -0.3 is 10.0 Å². The highest BCUT2D eigenvalue weighted by molar-refractivity contribution is 5.85. The van der Waals surface area contributed by atoms with Crippen molar-refractivity contribution in [3.05, 3.63) is 0 Å². The average molecular weight is 284 g/mol. The molecule has 0 spiro atoms. The summed E-state index contributed by atoms with van der Waals surface area (Å²) in [5.41, 5.74) is 0. The molecular formula is C12H23Cl2NO2. The van der Waals surface area contributed by atoms with E-state index < -0.39 is 5.97 Å². The van der Waals surface area contributed by atoms with Crippen LogP contribution in [-0.4, -0.2) is 35.6 Å². The number of carboxylic acids is 1. The van der Waals surface area contributed by atoms with Crippen molar-refractivity contribution in [1.29, 1.82) is 0 Å². The fraction of sp³-hybridized carbons (Fsp3) is 0.917. The van der Waals surface area contributed by atoms with E-state index in [-0.39, 0.29) is 30.7 Å². The lowest BCUT2D eigenvalue weighted by atomic mass is 9.79. The number of carboxylic acid groups (broad SMARTS) is 1. The first kappa shape index (κ1) is 17.0. The van der Waals surface area contributed by atoms with E-state index in [1.54, 1.807) is 0 Å². The van der Waals surface area contributed by atoms with Gasteiger partial charge in [-0.3, -0.25) is 4.79 Å². The van der Waals surface area contributed by atoms with Crippen LogP contribution in [0.4, 0.5) is 0 Å². The number of nitrogens with zero attached hydrogens (tertiary/aromatic N) is 1. The van der Waals surface area contributed by atoms with E-state index in [9.17, 15) is 4.79 Å². The maximum Gasteiger partial charge on any atom is 0.306 e. The van der Waals surface area contributed by atoms with E-state index in [2.05, 4.69) is 4.90 Å². The molecule has 2 aliphatic rings. The van der Waals surface area contributed by atoms with Crippen LogP contribution in [0.2, 0.25) is 0 Å². The molecule has 3 nitrogen and oxygen atoms in total. The van der Waals surface area contributed by atoms with Crippen molar-refractivity contribution in [3.8, 4) is 0 Å². The van der Waals surface area contributed by atoms with Gasteiger partial charge in [-0.2, -0.15) is 0 Å². The fourth-order valence-electron chi connectivity index (χ4n) is 3.05. The van der Waals surface area contributed by atoms with Gasteiger partial charge >= 0.3 is 5.97 Å². The number of hydrogen-bond acceptors (Lipinski definition) is 2. The number of rotatable bonds is 3. The number of hydrogen-bond donors (Lipinski definition) is 1. The first-order valence-electron chi connectivity index (χ1n) is 6.22. The number of carbonyl (C=O) groups is 1. The molecule has 0 bridgehead atoms. The van der Waals surface area contributed by atoms with Gasteiger partial charge in [0.05, 0.1) is 5.92 Å². The summed E-state index contributed by atoms with van der Waals surface area (Å²) in [5, 5.41) is 9.16. The maximum atomic E-state index is 11.1. The highest BCUT2D eigenvalue weighted by Crippen LogP contribution is 2.31. The highest BCUT2D eigenvalue weighted by atomic mass is 35.5. The zero-order valence-electron chi connectivity index (χ0n) is 10.1. The Morgan fingerprint density at radius 2 is 1.65 bits per heavy atom. The zero-order chi connectivity index (χ0) is 10.7. The molecule has 102 valence electrons. The van der Waals surface area contributed by atoms with Gasteiger partial charge in [-0.25, -0.2) is 0 Å². The van der Waals surface area contributed by atoms with E-state index >= 15 is 0 Å². The predicted molar refractivity (Wildman–Crippen MR) is 73.3 cm³/mol. The summed E-state index contributed by atoms with van der Waals surface area (Å²) >= 11 is 0. The number of aliphatic carboxylic acids is 1. The van der Waals surface area contributed by atoms with Crippen molar-refractivity contribution < 1.29 is 9.90 Å². The largest absolute Gasteiger partial charge is 0.481 e. The lowest BCUT2D eigenvalue weighted by molar-refractivity contribution is -0.145. The van der Waals surface area contributed by atoms with Gasteiger partial charge in [0.1, 0.15) is 0 Å². The monoisotopic (exact) mass is 283 g/mol. The van der Waals surface area contributed by atoms with E-state index in [0.717, 1.165) is 25.8 Å². The topological polar surface area (TPSA) is 40.5 Å². The van der Waals surface area contributed by atoms with E-state index in [1.807, 2.05) is 0 Å². The van der Waals surface area contributed by atoms with E-state index in [0.29, 0.717) is 5.92 Å². The lowest BCUT2D eigenvalue weighted by Crippen LogP contribution is -2.36.